The standard InChI is InChI=1S/C13H22N4O/c1-10-11(2)14-9-15-12(10)17-6-5-13(18,8-17)7-16(3)4/h9,18H,5-8H2,1-4H3. The van der Waals surface area contributed by atoms with Crippen LogP contribution >= 0.6 is 0 Å². The molecule has 1 aliphatic rings. The van der Waals surface area contributed by atoms with Crippen LogP contribution in [0.15, 0.2) is 6.33 Å². The molecule has 18 heavy (non-hydrogen) atoms. The number of rotatable bonds is 3. The van der Waals surface area contributed by atoms with Crippen LogP contribution in [0.1, 0.15) is 17.7 Å². The van der Waals surface area contributed by atoms with Crippen molar-refractivity contribution in [2.24, 2.45) is 0 Å². The van der Waals surface area contributed by atoms with Crippen molar-refractivity contribution >= 4 is 5.82 Å². The topological polar surface area (TPSA) is 52.5 Å². The third-order valence-corrected chi connectivity index (χ3v) is 3.55. The Morgan fingerprint density at radius 1 is 1.39 bits per heavy atom. The first-order valence-electron chi connectivity index (χ1n) is 6.31. The molecule has 1 fully saturated rings. The van der Waals surface area contributed by atoms with Gasteiger partial charge in [-0.15, -0.1) is 0 Å². The molecular weight excluding hydrogens is 228 g/mol. The number of hydrogen-bond acceptors (Lipinski definition) is 5. The van der Waals surface area contributed by atoms with Gasteiger partial charge in [0.2, 0.25) is 0 Å². The van der Waals surface area contributed by atoms with Gasteiger partial charge in [-0.05, 0) is 34.4 Å². The van der Waals surface area contributed by atoms with Crippen molar-refractivity contribution in [1.29, 1.82) is 0 Å². The van der Waals surface area contributed by atoms with Crippen molar-refractivity contribution in [2.45, 2.75) is 25.9 Å². The largest absolute Gasteiger partial charge is 0.387 e. The van der Waals surface area contributed by atoms with E-state index in [1.165, 1.54) is 0 Å². The van der Waals surface area contributed by atoms with Crippen molar-refractivity contribution in [2.75, 3.05) is 38.6 Å². The Morgan fingerprint density at radius 2 is 2.11 bits per heavy atom. The third kappa shape index (κ3) is 2.62. The Morgan fingerprint density at radius 3 is 2.78 bits per heavy atom. The molecule has 2 heterocycles. The van der Waals surface area contributed by atoms with Crippen LogP contribution in [0.25, 0.3) is 0 Å². The molecule has 1 aromatic heterocycles. The molecule has 1 N–H and O–H groups in total. The van der Waals surface area contributed by atoms with Gasteiger partial charge >= 0.3 is 0 Å². The molecule has 1 aliphatic heterocycles. The van der Waals surface area contributed by atoms with Gasteiger partial charge in [0.05, 0.1) is 5.60 Å². The number of anilines is 1. The number of β-amino-alcohol motifs (C(OH)–C–C–N with tert-alkyl or cyclic N) is 1. The number of aliphatic hydroxyl groups is 1. The zero-order valence-corrected chi connectivity index (χ0v) is 11.6. The molecule has 1 aromatic rings. The van der Waals surface area contributed by atoms with Crippen molar-refractivity contribution in [1.82, 2.24) is 14.9 Å². The van der Waals surface area contributed by atoms with Gasteiger partial charge < -0.3 is 14.9 Å². The number of aromatic nitrogens is 2. The summed E-state index contributed by atoms with van der Waals surface area (Å²) in [5, 5.41) is 10.5. The minimum Gasteiger partial charge on any atom is -0.387 e. The fraction of sp³-hybridized carbons (Fsp3) is 0.692. The quantitative estimate of drug-likeness (QED) is 0.851. The van der Waals surface area contributed by atoms with E-state index in [0.29, 0.717) is 13.1 Å². The van der Waals surface area contributed by atoms with E-state index in [9.17, 15) is 5.11 Å². The average Bonchev–Trinajstić information content (AvgIpc) is 2.63. The maximum Gasteiger partial charge on any atom is 0.135 e. The van der Waals surface area contributed by atoms with E-state index < -0.39 is 5.60 Å². The summed E-state index contributed by atoms with van der Waals surface area (Å²) in [6.07, 6.45) is 2.38. The molecule has 0 aromatic carbocycles. The highest BCUT2D eigenvalue weighted by atomic mass is 16.3. The summed E-state index contributed by atoms with van der Waals surface area (Å²) in [4.78, 5) is 12.7. The normalized spacial score (nSPS) is 24.0. The van der Waals surface area contributed by atoms with E-state index in [1.807, 2.05) is 32.8 Å². The fourth-order valence-electron chi connectivity index (χ4n) is 2.60. The van der Waals surface area contributed by atoms with Gasteiger partial charge in [0.25, 0.3) is 0 Å². The summed E-state index contributed by atoms with van der Waals surface area (Å²) in [6.45, 7) is 6.20. The summed E-state index contributed by atoms with van der Waals surface area (Å²) < 4.78 is 0. The lowest BCUT2D eigenvalue weighted by Gasteiger charge is -2.27. The first kappa shape index (κ1) is 13.2. The van der Waals surface area contributed by atoms with Crippen molar-refractivity contribution in [3.8, 4) is 0 Å². The van der Waals surface area contributed by atoms with Crippen LogP contribution in [0.3, 0.4) is 0 Å². The second-order valence-electron chi connectivity index (χ2n) is 5.54. The Balaban J connectivity index is 2.15. The Bertz CT molecular complexity index is 435. The molecule has 2 rings (SSSR count). The zero-order chi connectivity index (χ0) is 13.3. The Hall–Kier alpha value is -1.20. The summed E-state index contributed by atoms with van der Waals surface area (Å²) in [5.41, 5.74) is 1.48. The molecule has 0 radical (unpaired) electrons. The van der Waals surface area contributed by atoms with Gasteiger partial charge in [0.1, 0.15) is 12.1 Å². The lowest BCUT2D eigenvalue weighted by molar-refractivity contribution is 0.0365. The predicted molar refractivity (Wildman–Crippen MR) is 71.8 cm³/mol. The van der Waals surface area contributed by atoms with Crippen LogP contribution in [0.2, 0.25) is 0 Å². The minimum absolute atomic E-state index is 0.630. The van der Waals surface area contributed by atoms with Crippen LogP contribution < -0.4 is 4.90 Å². The first-order chi connectivity index (χ1) is 8.41. The summed E-state index contributed by atoms with van der Waals surface area (Å²) >= 11 is 0. The van der Waals surface area contributed by atoms with Gasteiger partial charge in [-0.2, -0.15) is 0 Å². The molecule has 1 unspecified atom stereocenters. The van der Waals surface area contributed by atoms with Crippen LogP contribution in [-0.4, -0.2) is 59.3 Å². The first-order valence-corrected chi connectivity index (χ1v) is 6.31. The van der Waals surface area contributed by atoms with Crippen LogP contribution in [-0.2, 0) is 0 Å². The molecule has 0 spiro atoms. The van der Waals surface area contributed by atoms with E-state index in [2.05, 4.69) is 14.9 Å². The predicted octanol–water partition coefficient (Wildman–Crippen LogP) is 0.596. The highest BCUT2D eigenvalue weighted by Crippen LogP contribution is 2.28. The lowest BCUT2D eigenvalue weighted by Crippen LogP contribution is -2.42. The summed E-state index contributed by atoms with van der Waals surface area (Å²) in [6, 6.07) is 0. The van der Waals surface area contributed by atoms with E-state index in [4.69, 9.17) is 0 Å². The average molecular weight is 250 g/mol. The van der Waals surface area contributed by atoms with Crippen molar-refractivity contribution < 1.29 is 5.11 Å². The van der Waals surface area contributed by atoms with E-state index in [-0.39, 0.29) is 0 Å². The molecule has 0 amide bonds. The number of nitrogens with zero attached hydrogens (tertiary/aromatic N) is 4. The van der Waals surface area contributed by atoms with Crippen molar-refractivity contribution in [3.05, 3.63) is 17.6 Å². The van der Waals surface area contributed by atoms with Crippen LogP contribution in [0, 0.1) is 13.8 Å². The molecule has 1 atom stereocenters. The van der Waals surface area contributed by atoms with E-state index in [1.54, 1.807) is 6.33 Å². The molecule has 0 saturated carbocycles. The maximum absolute atomic E-state index is 10.5. The van der Waals surface area contributed by atoms with E-state index >= 15 is 0 Å². The SMILES string of the molecule is Cc1ncnc(N2CCC(O)(CN(C)C)C2)c1C. The summed E-state index contributed by atoms with van der Waals surface area (Å²) in [5.74, 6) is 0.956. The minimum atomic E-state index is -0.630. The highest BCUT2D eigenvalue weighted by molar-refractivity contribution is 5.49. The van der Waals surface area contributed by atoms with Crippen molar-refractivity contribution in [3.63, 3.8) is 0 Å². The fourth-order valence-corrected chi connectivity index (χ4v) is 2.60. The number of likely N-dealkylation sites (N-methyl/N-ethyl adjacent to an activating group) is 1. The van der Waals surface area contributed by atoms with Gasteiger partial charge in [-0.25, -0.2) is 9.97 Å². The molecule has 5 nitrogen and oxygen atoms in total. The Labute approximate surface area is 108 Å². The van der Waals surface area contributed by atoms with E-state index in [0.717, 1.165) is 30.0 Å². The second-order valence-corrected chi connectivity index (χ2v) is 5.54. The molecule has 0 bridgehead atoms. The zero-order valence-electron chi connectivity index (χ0n) is 11.6. The number of hydrogen-bond donors (Lipinski definition) is 1. The van der Waals surface area contributed by atoms with Crippen LogP contribution in [0.4, 0.5) is 5.82 Å². The lowest BCUT2D eigenvalue weighted by atomic mass is 10.0. The van der Waals surface area contributed by atoms with Gasteiger partial charge in [-0.1, -0.05) is 0 Å². The Kier molecular flexibility index (Phi) is 3.54. The molecule has 1 saturated heterocycles. The van der Waals surface area contributed by atoms with Gasteiger partial charge in [-0.3, -0.25) is 0 Å². The van der Waals surface area contributed by atoms with Gasteiger partial charge in [0.15, 0.2) is 0 Å². The second kappa shape index (κ2) is 4.82. The third-order valence-electron chi connectivity index (χ3n) is 3.55. The van der Waals surface area contributed by atoms with Crippen LogP contribution in [0.5, 0.6) is 0 Å². The molecular formula is C13H22N4O. The maximum atomic E-state index is 10.5. The monoisotopic (exact) mass is 250 g/mol. The summed E-state index contributed by atoms with van der Waals surface area (Å²) in [7, 11) is 3.97. The number of aryl methyl sites for hydroxylation is 1. The molecule has 100 valence electrons. The van der Waals surface area contributed by atoms with Gasteiger partial charge in [0, 0.05) is 30.9 Å². The molecule has 0 aliphatic carbocycles. The highest BCUT2D eigenvalue weighted by Gasteiger charge is 2.37. The smallest absolute Gasteiger partial charge is 0.135 e. The molecule has 5 heteroatoms.